The summed E-state index contributed by atoms with van der Waals surface area (Å²) in [6.45, 7) is 1.73. The SMILES string of the molecule is OC(CNCc1ccccc1)Cn1c2ccc(Cl)cc2c2cc(Cl)ccc21. The molecule has 0 bridgehead atoms. The van der Waals surface area contributed by atoms with E-state index in [1.807, 2.05) is 54.6 Å². The highest BCUT2D eigenvalue weighted by atomic mass is 35.5. The van der Waals surface area contributed by atoms with Crippen LogP contribution in [0.5, 0.6) is 0 Å². The normalized spacial score (nSPS) is 12.7. The number of fused-ring (bicyclic) bond motifs is 3. The molecule has 3 nitrogen and oxygen atoms in total. The lowest BCUT2D eigenvalue weighted by Gasteiger charge is -2.15. The van der Waals surface area contributed by atoms with E-state index < -0.39 is 6.10 Å². The molecule has 3 aromatic carbocycles. The van der Waals surface area contributed by atoms with Gasteiger partial charge in [-0.1, -0.05) is 53.5 Å². The topological polar surface area (TPSA) is 37.2 Å². The van der Waals surface area contributed by atoms with Gasteiger partial charge in [-0.15, -0.1) is 0 Å². The summed E-state index contributed by atoms with van der Waals surface area (Å²) < 4.78 is 2.13. The van der Waals surface area contributed by atoms with Crippen molar-refractivity contribution in [1.82, 2.24) is 9.88 Å². The molecule has 27 heavy (non-hydrogen) atoms. The van der Waals surface area contributed by atoms with Crippen molar-refractivity contribution >= 4 is 45.0 Å². The lowest BCUT2D eigenvalue weighted by Crippen LogP contribution is -2.29. The van der Waals surface area contributed by atoms with Gasteiger partial charge in [0.25, 0.3) is 0 Å². The summed E-state index contributed by atoms with van der Waals surface area (Å²) in [7, 11) is 0. The van der Waals surface area contributed by atoms with Gasteiger partial charge in [0.15, 0.2) is 0 Å². The average molecular weight is 399 g/mol. The Hall–Kier alpha value is -2.04. The molecule has 1 unspecified atom stereocenters. The Morgan fingerprint density at radius 2 is 1.44 bits per heavy atom. The second-order valence-electron chi connectivity index (χ2n) is 6.70. The van der Waals surface area contributed by atoms with Crippen LogP contribution in [0.4, 0.5) is 0 Å². The monoisotopic (exact) mass is 398 g/mol. The van der Waals surface area contributed by atoms with Crippen molar-refractivity contribution in [3.05, 3.63) is 82.3 Å². The Kier molecular flexibility index (Phi) is 5.37. The van der Waals surface area contributed by atoms with Crippen LogP contribution in [-0.2, 0) is 13.1 Å². The number of benzene rings is 3. The van der Waals surface area contributed by atoms with Gasteiger partial charge in [0.2, 0.25) is 0 Å². The number of aliphatic hydroxyl groups is 1. The van der Waals surface area contributed by atoms with Crippen LogP contribution in [0.3, 0.4) is 0 Å². The van der Waals surface area contributed by atoms with Gasteiger partial charge in [0, 0.05) is 44.9 Å². The molecular formula is C22H20Cl2N2O. The first-order chi connectivity index (χ1) is 13.1. The number of aliphatic hydroxyl groups excluding tert-OH is 1. The molecule has 0 saturated heterocycles. The van der Waals surface area contributed by atoms with Gasteiger partial charge in [-0.05, 0) is 42.0 Å². The Morgan fingerprint density at radius 1 is 0.852 bits per heavy atom. The molecular weight excluding hydrogens is 379 g/mol. The van der Waals surface area contributed by atoms with Crippen LogP contribution in [-0.4, -0.2) is 22.3 Å². The minimum absolute atomic E-state index is 0.491. The van der Waals surface area contributed by atoms with Gasteiger partial charge < -0.3 is 15.0 Å². The number of rotatable bonds is 6. The largest absolute Gasteiger partial charge is 0.390 e. The second-order valence-corrected chi connectivity index (χ2v) is 7.58. The van der Waals surface area contributed by atoms with Crippen molar-refractivity contribution in [1.29, 1.82) is 0 Å². The second kappa shape index (κ2) is 7.91. The number of aromatic nitrogens is 1. The summed E-state index contributed by atoms with van der Waals surface area (Å²) in [4.78, 5) is 0. The predicted molar refractivity (Wildman–Crippen MR) is 114 cm³/mol. The number of hydrogen-bond donors (Lipinski definition) is 2. The maximum Gasteiger partial charge on any atom is 0.0843 e. The van der Waals surface area contributed by atoms with Gasteiger partial charge in [-0.25, -0.2) is 0 Å². The zero-order valence-electron chi connectivity index (χ0n) is 14.7. The summed E-state index contributed by atoms with van der Waals surface area (Å²) >= 11 is 12.4. The predicted octanol–water partition coefficient (Wildman–Crippen LogP) is 5.25. The van der Waals surface area contributed by atoms with Crippen molar-refractivity contribution in [3.8, 4) is 0 Å². The fourth-order valence-corrected chi connectivity index (χ4v) is 3.84. The molecule has 0 spiro atoms. The molecule has 5 heteroatoms. The number of nitrogens with one attached hydrogen (secondary N) is 1. The molecule has 138 valence electrons. The molecule has 1 atom stereocenters. The third kappa shape index (κ3) is 3.97. The molecule has 0 radical (unpaired) electrons. The number of hydrogen-bond acceptors (Lipinski definition) is 2. The zero-order chi connectivity index (χ0) is 18.8. The number of halogens is 2. The molecule has 0 fully saturated rings. The van der Waals surface area contributed by atoms with Crippen molar-refractivity contribution in [2.24, 2.45) is 0 Å². The van der Waals surface area contributed by atoms with E-state index in [1.165, 1.54) is 5.56 Å². The van der Waals surface area contributed by atoms with E-state index in [1.54, 1.807) is 0 Å². The highest BCUT2D eigenvalue weighted by Crippen LogP contribution is 2.32. The van der Waals surface area contributed by atoms with E-state index in [9.17, 15) is 5.11 Å². The fraction of sp³-hybridized carbons (Fsp3) is 0.182. The van der Waals surface area contributed by atoms with Gasteiger partial charge in [-0.2, -0.15) is 0 Å². The van der Waals surface area contributed by atoms with Crippen molar-refractivity contribution in [2.75, 3.05) is 6.54 Å². The first-order valence-electron chi connectivity index (χ1n) is 8.91. The smallest absolute Gasteiger partial charge is 0.0843 e. The van der Waals surface area contributed by atoms with Crippen LogP contribution >= 0.6 is 23.2 Å². The summed E-state index contributed by atoms with van der Waals surface area (Å²) in [5.41, 5.74) is 3.28. The number of nitrogens with zero attached hydrogens (tertiary/aromatic N) is 1. The van der Waals surface area contributed by atoms with Gasteiger partial charge in [0.05, 0.1) is 12.6 Å². The lowest BCUT2D eigenvalue weighted by atomic mass is 10.1. The van der Waals surface area contributed by atoms with Crippen LogP contribution in [0.25, 0.3) is 21.8 Å². The van der Waals surface area contributed by atoms with E-state index in [2.05, 4.69) is 22.0 Å². The standard InChI is InChI=1S/C22H20Cl2N2O/c23-16-6-8-21-19(10-16)20-11-17(24)7-9-22(20)26(21)14-18(27)13-25-12-15-4-2-1-3-5-15/h1-11,18,25,27H,12-14H2. The molecule has 2 N–H and O–H groups in total. The van der Waals surface area contributed by atoms with Gasteiger partial charge >= 0.3 is 0 Å². The summed E-state index contributed by atoms with van der Waals surface area (Å²) in [6.07, 6.45) is -0.515. The van der Waals surface area contributed by atoms with Crippen LogP contribution in [0.2, 0.25) is 10.0 Å². The molecule has 0 amide bonds. The van der Waals surface area contributed by atoms with E-state index in [4.69, 9.17) is 23.2 Å². The van der Waals surface area contributed by atoms with Crippen LogP contribution in [0.15, 0.2) is 66.7 Å². The zero-order valence-corrected chi connectivity index (χ0v) is 16.2. The first kappa shape index (κ1) is 18.3. The summed E-state index contributed by atoms with van der Waals surface area (Å²) in [5, 5.41) is 17.4. The molecule has 4 aromatic rings. The van der Waals surface area contributed by atoms with Gasteiger partial charge in [0.1, 0.15) is 0 Å². The van der Waals surface area contributed by atoms with E-state index in [0.29, 0.717) is 23.1 Å². The Balaban J connectivity index is 1.57. The fourth-order valence-electron chi connectivity index (χ4n) is 3.50. The Morgan fingerprint density at radius 3 is 2.04 bits per heavy atom. The highest BCUT2D eigenvalue weighted by Gasteiger charge is 2.14. The van der Waals surface area contributed by atoms with Crippen molar-refractivity contribution < 1.29 is 5.11 Å². The highest BCUT2D eigenvalue weighted by molar-refractivity contribution is 6.33. The molecule has 0 aliphatic heterocycles. The summed E-state index contributed by atoms with van der Waals surface area (Å²) in [6, 6.07) is 21.8. The average Bonchev–Trinajstić information content (AvgIpc) is 2.95. The molecule has 1 aromatic heterocycles. The maximum absolute atomic E-state index is 10.6. The molecule has 0 aliphatic carbocycles. The first-order valence-corrected chi connectivity index (χ1v) is 9.67. The quantitative estimate of drug-likeness (QED) is 0.465. The molecule has 0 saturated carbocycles. The lowest BCUT2D eigenvalue weighted by molar-refractivity contribution is 0.154. The third-order valence-electron chi connectivity index (χ3n) is 4.73. The van der Waals surface area contributed by atoms with E-state index in [0.717, 1.165) is 28.4 Å². The van der Waals surface area contributed by atoms with Crippen molar-refractivity contribution in [3.63, 3.8) is 0 Å². The third-order valence-corrected chi connectivity index (χ3v) is 5.20. The summed E-state index contributed by atoms with van der Waals surface area (Å²) in [5.74, 6) is 0. The Labute approximate surface area is 168 Å². The van der Waals surface area contributed by atoms with Crippen LogP contribution in [0.1, 0.15) is 5.56 Å². The van der Waals surface area contributed by atoms with Crippen molar-refractivity contribution in [2.45, 2.75) is 19.2 Å². The Bertz CT molecular complexity index is 1020. The minimum atomic E-state index is -0.515. The molecule has 4 rings (SSSR count). The minimum Gasteiger partial charge on any atom is -0.390 e. The van der Waals surface area contributed by atoms with E-state index in [-0.39, 0.29) is 0 Å². The maximum atomic E-state index is 10.6. The van der Waals surface area contributed by atoms with Crippen LogP contribution < -0.4 is 5.32 Å². The van der Waals surface area contributed by atoms with Crippen LogP contribution in [0, 0.1) is 0 Å². The molecule has 1 heterocycles. The van der Waals surface area contributed by atoms with E-state index >= 15 is 0 Å². The molecule has 0 aliphatic rings. The van der Waals surface area contributed by atoms with Gasteiger partial charge in [-0.3, -0.25) is 0 Å².